The average Bonchev–Trinajstić information content (AvgIpc) is 3.46. The number of aromatic amines is 2. The number of H-pyrrole nitrogens is 2. The summed E-state index contributed by atoms with van der Waals surface area (Å²) < 4.78 is 13.9. The lowest BCUT2D eigenvalue weighted by molar-refractivity contribution is 0.469. The van der Waals surface area contributed by atoms with Crippen LogP contribution >= 0.6 is 0 Å². The smallest absolute Gasteiger partial charge is 0.159 e. The molecular weight excluding hydrogens is 459 g/mol. The normalized spacial score (nSPS) is 11.6. The number of benzene rings is 1. The molecule has 0 aliphatic heterocycles. The molecular formula is C26H21FN8O. The van der Waals surface area contributed by atoms with Gasteiger partial charge in [-0.15, -0.1) is 0 Å². The van der Waals surface area contributed by atoms with Gasteiger partial charge in [0.15, 0.2) is 5.82 Å². The zero-order valence-electron chi connectivity index (χ0n) is 19.4. The first-order valence-electron chi connectivity index (χ1n) is 11.4. The Kier molecular flexibility index (Phi) is 5.06. The van der Waals surface area contributed by atoms with Crippen LogP contribution < -0.4 is 5.32 Å². The highest BCUT2D eigenvalue weighted by molar-refractivity contribution is 5.97. The Morgan fingerprint density at radius 2 is 1.83 bits per heavy atom. The van der Waals surface area contributed by atoms with Crippen molar-refractivity contribution in [2.24, 2.45) is 0 Å². The lowest BCUT2D eigenvalue weighted by atomic mass is 10.1. The van der Waals surface area contributed by atoms with Crippen LogP contribution in [0.3, 0.4) is 0 Å². The Morgan fingerprint density at radius 1 is 0.944 bits per heavy atom. The SMILES string of the molecule is CC(C)Nc1cncc(-c2cc3c(-c4nc5c(-c6cc(O)cc(F)c6)nccc5[nH]4)n[nH]c3cn2)c1. The number of aromatic hydroxyl groups is 1. The first-order valence-corrected chi connectivity index (χ1v) is 11.4. The average molecular weight is 481 g/mol. The number of imidazole rings is 1. The molecule has 9 nitrogen and oxygen atoms in total. The Hall–Kier alpha value is -4.86. The van der Waals surface area contributed by atoms with E-state index in [0.717, 1.165) is 33.9 Å². The van der Waals surface area contributed by atoms with Gasteiger partial charge >= 0.3 is 0 Å². The molecule has 4 N–H and O–H groups in total. The molecule has 0 fully saturated rings. The van der Waals surface area contributed by atoms with Crippen molar-refractivity contribution in [3.05, 3.63) is 67.0 Å². The maximum absolute atomic E-state index is 13.9. The van der Waals surface area contributed by atoms with Gasteiger partial charge in [-0.1, -0.05) is 0 Å². The summed E-state index contributed by atoms with van der Waals surface area (Å²) in [6.07, 6.45) is 6.89. The monoisotopic (exact) mass is 480 g/mol. The van der Waals surface area contributed by atoms with Crippen molar-refractivity contribution in [2.45, 2.75) is 19.9 Å². The van der Waals surface area contributed by atoms with Gasteiger partial charge in [0.2, 0.25) is 0 Å². The Bertz CT molecular complexity index is 1720. The van der Waals surface area contributed by atoms with Gasteiger partial charge in [-0.2, -0.15) is 5.10 Å². The van der Waals surface area contributed by atoms with Gasteiger partial charge in [0, 0.05) is 47.2 Å². The summed E-state index contributed by atoms with van der Waals surface area (Å²) in [5.41, 5.74) is 6.03. The number of hydrogen-bond donors (Lipinski definition) is 4. The predicted molar refractivity (Wildman–Crippen MR) is 136 cm³/mol. The van der Waals surface area contributed by atoms with Crippen LogP contribution in [0.2, 0.25) is 0 Å². The molecule has 178 valence electrons. The number of nitrogens with one attached hydrogen (secondary N) is 3. The molecule has 5 aromatic heterocycles. The van der Waals surface area contributed by atoms with Crippen molar-refractivity contribution in [3.63, 3.8) is 0 Å². The maximum atomic E-state index is 13.9. The first kappa shape index (κ1) is 21.7. The number of rotatable bonds is 5. The van der Waals surface area contributed by atoms with E-state index in [-0.39, 0.29) is 11.8 Å². The molecule has 0 bridgehead atoms. The number of fused-ring (bicyclic) bond motifs is 2. The topological polar surface area (TPSA) is 128 Å². The van der Waals surface area contributed by atoms with E-state index in [4.69, 9.17) is 4.98 Å². The van der Waals surface area contributed by atoms with Gasteiger partial charge in [0.1, 0.15) is 22.8 Å². The van der Waals surface area contributed by atoms with Crippen LogP contribution in [0.1, 0.15) is 13.8 Å². The number of phenols is 1. The lowest BCUT2D eigenvalue weighted by Crippen LogP contribution is -2.09. The van der Waals surface area contributed by atoms with E-state index in [1.54, 1.807) is 30.9 Å². The molecule has 0 aliphatic carbocycles. The molecule has 6 rings (SSSR count). The Morgan fingerprint density at radius 3 is 2.67 bits per heavy atom. The molecule has 1 aromatic carbocycles. The summed E-state index contributed by atoms with van der Waals surface area (Å²) in [6.45, 7) is 4.14. The zero-order valence-corrected chi connectivity index (χ0v) is 19.4. The number of halogens is 1. The van der Waals surface area contributed by atoms with Crippen LogP contribution in [0.15, 0.2) is 61.2 Å². The number of hydrogen-bond acceptors (Lipinski definition) is 7. The Labute approximate surface area is 204 Å². The summed E-state index contributed by atoms with van der Waals surface area (Å²) in [7, 11) is 0. The zero-order chi connectivity index (χ0) is 24.8. The third-order valence-corrected chi connectivity index (χ3v) is 5.72. The Balaban J connectivity index is 1.45. The third kappa shape index (κ3) is 3.88. The second kappa shape index (κ2) is 8.42. The van der Waals surface area contributed by atoms with Crippen molar-refractivity contribution in [3.8, 4) is 39.8 Å². The van der Waals surface area contributed by atoms with Crippen LogP contribution in [-0.2, 0) is 0 Å². The minimum absolute atomic E-state index is 0.181. The van der Waals surface area contributed by atoms with E-state index in [9.17, 15) is 9.50 Å². The van der Waals surface area contributed by atoms with Gasteiger partial charge in [0.25, 0.3) is 0 Å². The second-order valence-electron chi connectivity index (χ2n) is 8.79. The highest BCUT2D eigenvalue weighted by Crippen LogP contribution is 2.33. The van der Waals surface area contributed by atoms with E-state index in [1.807, 2.05) is 12.1 Å². The predicted octanol–water partition coefficient (Wildman–Crippen LogP) is 5.29. The molecule has 0 radical (unpaired) electrons. The van der Waals surface area contributed by atoms with E-state index in [1.165, 1.54) is 12.1 Å². The standard InChI is InChI=1S/C26H21FN8O/c1-13(2)31-17-6-15(10-28-11-17)21-9-19-22(12-30-21)34-35-24(19)26-32-20-3-4-29-23(25(20)33-26)14-5-16(27)8-18(36)7-14/h3-13,31,36H,1-2H3,(H,32,33)(H,34,35). The molecule has 0 saturated heterocycles. The van der Waals surface area contributed by atoms with Crippen LogP contribution in [0.25, 0.3) is 56.0 Å². The molecule has 0 aliphatic rings. The third-order valence-electron chi connectivity index (χ3n) is 5.72. The molecule has 0 amide bonds. The molecule has 5 heterocycles. The van der Waals surface area contributed by atoms with Gasteiger partial charge in [-0.3, -0.25) is 20.1 Å². The van der Waals surface area contributed by atoms with E-state index >= 15 is 0 Å². The second-order valence-corrected chi connectivity index (χ2v) is 8.79. The number of phenolic OH excluding ortho intramolecular Hbond substituents is 1. The van der Waals surface area contributed by atoms with Gasteiger partial charge in [0.05, 0.1) is 34.3 Å². The summed E-state index contributed by atoms with van der Waals surface area (Å²) in [5.74, 6) is -0.211. The summed E-state index contributed by atoms with van der Waals surface area (Å²) in [6, 6.07) is 9.84. The van der Waals surface area contributed by atoms with Crippen molar-refractivity contribution < 1.29 is 9.50 Å². The molecule has 0 atom stereocenters. The summed E-state index contributed by atoms with van der Waals surface area (Å²) in [5, 5.41) is 21.5. The van der Waals surface area contributed by atoms with E-state index < -0.39 is 5.82 Å². The molecule has 0 spiro atoms. The lowest BCUT2D eigenvalue weighted by Gasteiger charge is -2.10. The first-order chi connectivity index (χ1) is 17.4. The van der Waals surface area contributed by atoms with E-state index in [2.05, 4.69) is 49.3 Å². The van der Waals surface area contributed by atoms with Crippen molar-refractivity contribution >= 4 is 27.6 Å². The van der Waals surface area contributed by atoms with Crippen molar-refractivity contribution in [1.29, 1.82) is 0 Å². The summed E-state index contributed by atoms with van der Waals surface area (Å²) in [4.78, 5) is 21.3. The highest BCUT2D eigenvalue weighted by atomic mass is 19.1. The quantitative estimate of drug-likeness (QED) is 0.264. The highest BCUT2D eigenvalue weighted by Gasteiger charge is 2.17. The van der Waals surface area contributed by atoms with Gasteiger partial charge in [-0.05, 0) is 44.2 Å². The fourth-order valence-corrected chi connectivity index (χ4v) is 4.22. The van der Waals surface area contributed by atoms with Crippen LogP contribution in [0.4, 0.5) is 10.1 Å². The summed E-state index contributed by atoms with van der Waals surface area (Å²) >= 11 is 0. The number of anilines is 1. The molecule has 0 saturated carbocycles. The fraction of sp³-hybridized carbons (Fsp3) is 0.115. The number of pyridine rings is 3. The van der Waals surface area contributed by atoms with Crippen LogP contribution in [0.5, 0.6) is 5.75 Å². The number of aromatic nitrogens is 7. The minimum Gasteiger partial charge on any atom is -0.508 e. The van der Waals surface area contributed by atoms with Crippen LogP contribution in [-0.4, -0.2) is 46.3 Å². The fourth-order valence-electron chi connectivity index (χ4n) is 4.22. The van der Waals surface area contributed by atoms with Gasteiger partial charge in [-0.25, -0.2) is 9.37 Å². The molecule has 10 heteroatoms. The van der Waals surface area contributed by atoms with Crippen molar-refractivity contribution in [1.82, 2.24) is 35.1 Å². The van der Waals surface area contributed by atoms with Crippen LogP contribution in [0, 0.1) is 5.82 Å². The van der Waals surface area contributed by atoms with Gasteiger partial charge < -0.3 is 15.4 Å². The maximum Gasteiger partial charge on any atom is 0.159 e. The molecule has 6 aromatic rings. The minimum atomic E-state index is -0.556. The van der Waals surface area contributed by atoms with Crippen molar-refractivity contribution in [2.75, 3.05) is 5.32 Å². The largest absolute Gasteiger partial charge is 0.508 e. The number of nitrogens with zero attached hydrogens (tertiary/aromatic N) is 5. The molecule has 36 heavy (non-hydrogen) atoms. The van der Waals surface area contributed by atoms with E-state index in [0.29, 0.717) is 33.8 Å². The molecule has 0 unspecified atom stereocenters.